The Hall–Kier alpha value is -1.42. The van der Waals surface area contributed by atoms with Crippen molar-refractivity contribution in [3.63, 3.8) is 0 Å². The lowest BCUT2D eigenvalue weighted by atomic mass is 10.2. The standard InChI is InChI=1S/C10H13NO3/c11-9-5-7(1-2-10(9)12)14-8-3-4-13-6-8/h1-2,5,8,12H,3-4,6,11H2. The molecule has 1 atom stereocenters. The molecule has 0 aromatic heterocycles. The van der Waals surface area contributed by atoms with Crippen LogP contribution in [0.15, 0.2) is 18.2 Å². The first-order valence-corrected chi connectivity index (χ1v) is 4.58. The number of ether oxygens (including phenoxy) is 2. The van der Waals surface area contributed by atoms with E-state index in [1.165, 1.54) is 6.07 Å². The third kappa shape index (κ3) is 1.90. The Morgan fingerprint density at radius 1 is 1.50 bits per heavy atom. The molecule has 1 aliphatic heterocycles. The highest BCUT2D eigenvalue weighted by Crippen LogP contribution is 2.26. The van der Waals surface area contributed by atoms with E-state index in [0.717, 1.165) is 13.0 Å². The van der Waals surface area contributed by atoms with E-state index in [0.29, 0.717) is 18.0 Å². The molecular weight excluding hydrogens is 182 g/mol. The fraction of sp³-hybridized carbons (Fsp3) is 0.400. The second-order valence-electron chi connectivity index (χ2n) is 3.32. The Balaban J connectivity index is 2.05. The average Bonchev–Trinajstić information content (AvgIpc) is 2.64. The fourth-order valence-electron chi connectivity index (χ4n) is 1.40. The van der Waals surface area contributed by atoms with Crippen LogP contribution in [-0.2, 0) is 4.74 Å². The summed E-state index contributed by atoms with van der Waals surface area (Å²) in [7, 11) is 0. The fourth-order valence-corrected chi connectivity index (χ4v) is 1.40. The van der Waals surface area contributed by atoms with Crippen LogP contribution in [0.4, 0.5) is 5.69 Å². The molecule has 3 N–H and O–H groups in total. The minimum absolute atomic E-state index is 0.0834. The summed E-state index contributed by atoms with van der Waals surface area (Å²) in [5.41, 5.74) is 5.87. The van der Waals surface area contributed by atoms with Crippen molar-refractivity contribution in [1.82, 2.24) is 0 Å². The minimum Gasteiger partial charge on any atom is -0.506 e. The van der Waals surface area contributed by atoms with E-state index in [9.17, 15) is 5.11 Å². The maximum atomic E-state index is 9.20. The van der Waals surface area contributed by atoms with Gasteiger partial charge in [-0.05, 0) is 12.1 Å². The number of hydrogen-bond acceptors (Lipinski definition) is 4. The van der Waals surface area contributed by atoms with Crippen LogP contribution in [0, 0.1) is 0 Å². The van der Waals surface area contributed by atoms with Gasteiger partial charge in [0, 0.05) is 12.5 Å². The Morgan fingerprint density at radius 3 is 3.00 bits per heavy atom. The molecule has 0 spiro atoms. The summed E-state index contributed by atoms with van der Waals surface area (Å²) in [5.74, 6) is 0.760. The quantitative estimate of drug-likeness (QED) is 0.548. The summed E-state index contributed by atoms with van der Waals surface area (Å²) >= 11 is 0. The molecule has 14 heavy (non-hydrogen) atoms. The Labute approximate surface area is 82.2 Å². The zero-order valence-corrected chi connectivity index (χ0v) is 7.77. The molecule has 1 heterocycles. The lowest BCUT2D eigenvalue weighted by Gasteiger charge is -2.12. The van der Waals surface area contributed by atoms with Gasteiger partial charge in [0.1, 0.15) is 17.6 Å². The zero-order chi connectivity index (χ0) is 9.97. The van der Waals surface area contributed by atoms with Crippen molar-refractivity contribution in [1.29, 1.82) is 0 Å². The third-order valence-electron chi connectivity index (χ3n) is 2.19. The van der Waals surface area contributed by atoms with E-state index in [2.05, 4.69) is 0 Å². The predicted molar refractivity (Wildman–Crippen MR) is 52.4 cm³/mol. The molecule has 0 radical (unpaired) electrons. The van der Waals surface area contributed by atoms with Gasteiger partial charge in [-0.3, -0.25) is 0 Å². The molecule has 2 rings (SSSR count). The number of phenolic OH excluding ortho intramolecular Hbond substituents is 1. The van der Waals surface area contributed by atoms with Gasteiger partial charge in [0.15, 0.2) is 0 Å². The number of hydrogen-bond donors (Lipinski definition) is 2. The SMILES string of the molecule is Nc1cc(OC2CCOC2)ccc1O. The number of rotatable bonds is 2. The van der Waals surface area contributed by atoms with E-state index < -0.39 is 0 Å². The molecule has 0 saturated carbocycles. The lowest BCUT2D eigenvalue weighted by Crippen LogP contribution is -2.15. The Morgan fingerprint density at radius 2 is 2.36 bits per heavy atom. The van der Waals surface area contributed by atoms with Gasteiger partial charge in [0.25, 0.3) is 0 Å². The number of phenols is 1. The van der Waals surface area contributed by atoms with Crippen LogP contribution in [0.5, 0.6) is 11.5 Å². The Kier molecular flexibility index (Phi) is 2.45. The van der Waals surface area contributed by atoms with E-state index in [4.69, 9.17) is 15.2 Å². The monoisotopic (exact) mass is 195 g/mol. The molecule has 1 aromatic carbocycles. The highest BCUT2D eigenvalue weighted by Gasteiger charge is 2.17. The maximum Gasteiger partial charge on any atom is 0.138 e. The summed E-state index contributed by atoms with van der Waals surface area (Å²) in [6.07, 6.45) is 1.01. The van der Waals surface area contributed by atoms with Gasteiger partial charge in [-0.25, -0.2) is 0 Å². The van der Waals surface area contributed by atoms with Crippen molar-refractivity contribution in [2.75, 3.05) is 18.9 Å². The van der Waals surface area contributed by atoms with Gasteiger partial charge >= 0.3 is 0 Å². The molecule has 1 saturated heterocycles. The highest BCUT2D eigenvalue weighted by atomic mass is 16.5. The molecule has 4 heteroatoms. The second kappa shape index (κ2) is 3.75. The third-order valence-corrected chi connectivity index (χ3v) is 2.19. The molecule has 1 fully saturated rings. The topological polar surface area (TPSA) is 64.7 Å². The molecule has 1 unspecified atom stereocenters. The minimum atomic E-state index is 0.0834. The van der Waals surface area contributed by atoms with E-state index >= 15 is 0 Å². The first-order chi connectivity index (χ1) is 6.75. The molecular formula is C10H13NO3. The van der Waals surface area contributed by atoms with Crippen LogP contribution in [-0.4, -0.2) is 24.4 Å². The van der Waals surface area contributed by atoms with Crippen LogP contribution in [0.3, 0.4) is 0 Å². The first-order valence-electron chi connectivity index (χ1n) is 4.58. The smallest absolute Gasteiger partial charge is 0.138 e. The number of aromatic hydroxyl groups is 1. The van der Waals surface area contributed by atoms with Gasteiger partial charge in [-0.1, -0.05) is 0 Å². The summed E-state index contributed by atoms with van der Waals surface area (Å²) in [6, 6.07) is 4.85. The predicted octanol–water partition coefficient (Wildman–Crippen LogP) is 1.14. The summed E-state index contributed by atoms with van der Waals surface area (Å²) in [5, 5.41) is 9.20. The largest absolute Gasteiger partial charge is 0.506 e. The normalized spacial score (nSPS) is 21.0. The van der Waals surface area contributed by atoms with Crippen LogP contribution in [0.1, 0.15) is 6.42 Å². The summed E-state index contributed by atoms with van der Waals surface area (Å²) in [6.45, 7) is 1.37. The van der Waals surface area contributed by atoms with Crippen molar-refractivity contribution >= 4 is 5.69 Å². The number of nitrogen functional groups attached to an aromatic ring is 1. The number of benzene rings is 1. The van der Waals surface area contributed by atoms with Crippen molar-refractivity contribution < 1.29 is 14.6 Å². The Bertz CT molecular complexity index is 321. The maximum absolute atomic E-state index is 9.20. The number of nitrogens with two attached hydrogens (primary N) is 1. The first kappa shape index (κ1) is 9.15. The molecule has 0 aliphatic carbocycles. The molecule has 76 valence electrons. The van der Waals surface area contributed by atoms with Crippen molar-refractivity contribution in [3.8, 4) is 11.5 Å². The van der Waals surface area contributed by atoms with Gasteiger partial charge in [-0.15, -0.1) is 0 Å². The van der Waals surface area contributed by atoms with Crippen LogP contribution >= 0.6 is 0 Å². The zero-order valence-electron chi connectivity index (χ0n) is 7.77. The van der Waals surface area contributed by atoms with Crippen molar-refractivity contribution in [2.45, 2.75) is 12.5 Å². The molecule has 1 aliphatic rings. The van der Waals surface area contributed by atoms with Crippen molar-refractivity contribution in [3.05, 3.63) is 18.2 Å². The molecule has 0 amide bonds. The molecule has 0 bridgehead atoms. The van der Waals surface area contributed by atoms with Gasteiger partial charge in [0.2, 0.25) is 0 Å². The summed E-state index contributed by atoms with van der Waals surface area (Å²) in [4.78, 5) is 0. The second-order valence-corrected chi connectivity index (χ2v) is 3.32. The number of anilines is 1. The van der Waals surface area contributed by atoms with E-state index in [1.807, 2.05) is 0 Å². The van der Waals surface area contributed by atoms with E-state index in [-0.39, 0.29) is 11.9 Å². The molecule has 4 nitrogen and oxygen atoms in total. The van der Waals surface area contributed by atoms with Gasteiger partial charge < -0.3 is 20.3 Å². The van der Waals surface area contributed by atoms with Crippen LogP contribution in [0.25, 0.3) is 0 Å². The van der Waals surface area contributed by atoms with Gasteiger partial charge in [0.05, 0.1) is 18.9 Å². The van der Waals surface area contributed by atoms with E-state index in [1.54, 1.807) is 12.1 Å². The lowest BCUT2D eigenvalue weighted by molar-refractivity contribution is 0.141. The average molecular weight is 195 g/mol. The van der Waals surface area contributed by atoms with Gasteiger partial charge in [-0.2, -0.15) is 0 Å². The summed E-state index contributed by atoms with van der Waals surface area (Å²) < 4.78 is 10.8. The van der Waals surface area contributed by atoms with Crippen molar-refractivity contribution in [2.24, 2.45) is 0 Å². The van der Waals surface area contributed by atoms with Crippen LogP contribution in [0.2, 0.25) is 0 Å². The van der Waals surface area contributed by atoms with Crippen LogP contribution < -0.4 is 10.5 Å². The molecule has 1 aromatic rings. The highest BCUT2D eigenvalue weighted by molar-refractivity contribution is 5.55.